The van der Waals surface area contributed by atoms with Crippen LogP contribution >= 0.6 is 0 Å². The summed E-state index contributed by atoms with van der Waals surface area (Å²) < 4.78 is 10.0. The summed E-state index contributed by atoms with van der Waals surface area (Å²) in [7, 11) is 6.85. The lowest BCUT2D eigenvalue weighted by atomic mass is 10.2. The molecule has 0 radical (unpaired) electrons. The second-order valence-corrected chi connectivity index (χ2v) is 4.95. The topological polar surface area (TPSA) is 75.2 Å². The van der Waals surface area contributed by atoms with Crippen molar-refractivity contribution >= 4 is 11.9 Å². The van der Waals surface area contributed by atoms with Crippen LogP contribution in [0.2, 0.25) is 0 Å². The fourth-order valence-corrected chi connectivity index (χ4v) is 1.98. The van der Waals surface area contributed by atoms with Gasteiger partial charge in [0.05, 0.1) is 20.3 Å². The lowest BCUT2D eigenvalue weighted by Gasteiger charge is -2.22. The monoisotopic (exact) mass is 322 g/mol. The number of carbonyl (C=O) groups excluding carboxylic acids is 1. The van der Waals surface area contributed by atoms with Crippen LogP contribution in [0, 0.1) is 0 Å². The highest BCUT2D eigenvalue weighted by Gasteiger charge is 2.08. The largest absolute Gasteiger partial charge is 0.497 e. The maximum absolute atomic E-state index is 11.7. The first-order chi connectivity index (χ1) is 11.1. The molecule has 1 aromatic carbocycles. The highest BCUT2D eigenvalue weighted by molar-refractivity contribution is 5.86. The number of ether oxygens (including phenoxy) is 2. The standard InChI is InChI=1S/C16H26N4O3/c1-17-16(19-11-15(21)18-9-10-22-3)20(2)12-13-5-7-14(23-4)8-6-13/h5-8H,9-12H2,1-4H3,(H,17,19)(H,18,21). The Kier molecular flexibility index (Phi) is 8.52. The number of nitrogens with one attached hydrogen (secondary N) is 2. The third kappa shape index (κ3) is 7.01. The Hall–Kier alpha value is -2.28. The van der Waals surface area contributed by atoms with Crippen LogP contribution in [0.1, 0.15) is 5.56 Å². The second-order valence-electron chi connectivity index (χ2n) is 4.95. The van der Waals surface area contributed by atoms with E-state index >= 15 is 0 Å². The fourth-order valence-electron chi connectivity index (χ4n) is 1.98. The summed E-state index contributed by atoms with van der Waals surface area (Å²) in [5.41, 5.74) is 1.13. The van der Waals surface area contributed by atoms with E-state index in [2.05, 4.69) is 15.6 Å². The Bertz CT molecular complexity index is 503. The summed E-state index contributed by atoms with van der Waals surface area (Å²) in [4.78, 5) is 17.8. The summed E-state index contributed by atoms with van der Waals surface area (Å²) in [5, 5.41) is 5.79. The van der Waals surface area contributed by atoms with Gasteiger partial charge in [-0.25, -0.2) is 0 Å². The average molecular weight is 322 g/mol. The zero-order chi connectivity index (χ0) is 17.1. The summed E-state index contributed by atoms with van der Waals surface area (Å²) in [5.74, 6) is 1.38. The molecule has 0 saturated heterocycles. The van der Waals surface area contributed by atoms with E-state index in [1.54, 1.807) is 21.3 Å². The summed E-state index contributed by atoms with van der Waals surface area (Å²) in [6, 6.07) is 7.84. The van der Waals surface area contributed by atoms with Crippen molar-refractivity contribution in [1.29, 1.82) is 0 Å². The predicted octanol–water partition coefficient (Wildman–Crippen LogP) is 0.465. The lowest BCUT2D eigenvalue weighted by Crippen LogP contribution is -2.44. The fraction of sp³-hybridized carbons (Fsp3) is 0.500. The van der Waals surface area contributed by atoms with Gasteiger partial charge in [-0.2, -0.15) is 0 Å². The number of carbonyl (C=O) groups is 1. The van der Waals surface area contributed by atoms with Gasteiger partial charge in [-0.05, 0) is 17.7 Å². The van der Waals surface area contributed by atoms with E-state index in [0.717, 1.165) is 11.3 Å². The van der Waals surface area contributed by atoms with Crippen LogP contribution in [0.25, 0.3) is 0 Å². The van der Waals surface area contributed by atoms with Crippen LogP contribution in [-0.2, 0) is 16.1 Å². The Morgan fingerprint density at radius 2 is 1.91 bits per heavy atom. The molecule has 0 heterocycles. The van der Waals surface area contributed by atoms with Crippen molar-refractivity contribution in [2.24, 2.45) is 4.99 Å². The number of guanidine groups is 1. The normalized spacial score (nSPS) is 11.0. The molecule has 0 aromatic heterocycles. The van der Waals surface area contributed by atoms with Gasteiger partial charge in [-0.15, -0.1) is 0 Å². The van der Waals surface area contributed by atoms with Crippen molar-refractivity contribution in [2.45, 2.75) is 6.54 Å². The van der Waals surface area contributed by atoms with Crippen LogP contribution in [0.3, 0.4) is 0 Å². The average Bonchev–Trinajstić information content (AvgIpc) is 2.56. The van der Waals surface area contributed by atoms with Crippen molar-refractivity contribution in [2.75, 3.05) is 48.0 Å². The number of hydrogen-bond donors (Lipinski definition) is 2. The molecule has 0 aliphatic rings. The van der Waals surface area contributed by atoms with Crippen molar-refractivity contribution < 1.29 is 14.3 Å². The molecule has 0 fully saturated rings. The number of nitrogens with zero attached hydrogens (tertiary/aromatic N) is 2. The zero-order valence-corrected chi connectivity index (χ0v) is 14.3. The first kappa shape index (κ1) is 18.8. The van der Waals surface area contributed by atoms with E-state index in [4.69, 9.17) is 9.47 Å². The molecule has 23 heavy (non-hydrogen) atoms. The highest BCUT2D eigenvalue weighted by Crippen LogP contribution is 2.12. The summed E-state index contributed by atoms with van der Waals surface area (Å²) in [6.07, 6.45) is 0. The van der Waals surface area contributed by atoms with E-state index in [9.17, 15) is 4.79 Å². The highest BCUT2D eigenvalue weighted by atomic mass is 16.5. The molecule has 1 rings (SSSR count). The van der Waals surface area contributed by atoms with Gasteiger partial charge in [0.25, 0.3) is 0 Å². The quantitative estimate of drug-likeness (QED) is 0.413. The molecule has 7 nitrogen and oxygen atoms in total. The Balaban J connectivity index is 2.45. The molecule has 1 amide bonds. The third-order valence-corrected chi connectivity index (χ3v) is 3.19. The zero-order valence-electron chi connectivity index (χ0n) is 14.3. The predicted molar refractivity (Wildman–Crippen MR) is 90.7 cm³/mol. The Morgan fingerprint density at radius 1 is 1.22 bits per heavy atom. The van der Waals surface area contributed by atoms with Gasteiger partial charge in [0, 0.05) is 34.3 Å². The smallest absolute Gasteiger partial charge is 0.239 e. The molecule has 7 heteroatoms. The summed E-state index contributed by atoms with van der Waals surface area (Å²) >= 11 is 0. The van der Waals surface area contributed by atoms with E-state index in [0.29, 0.717) is 25.7 Å². The van der Waals surface area contributed by atoms with Crippen molar-refractivity contribution in [3.63, 3.8) is 0 Å². The van der Waals surface area contributed by atoms with Crippen molar-refractivity contribution in [1.82, 2.24) is 15.5 Å². The molecule has 0 aliphatic heterocycles. The van der Waals surface area contributed by atoms with Gasteiger partial charge in [0.1, 0.15) is 5.75 Å². The molecule has 0 aliphatic carbocycles. The van der Waals surface area contributed by atoms with Gasteiger partial charge in [-0.1, -0.05) is 12.1 Å². The summed E-state index contributed by atoms with van der Waals surface area (Å²) in [6.45, 7) is 1.84. The first-order valence-corrected chi connectivity index (χ1v) is 7.41. The Labute approximate surface area is 137 Å². The van der Waals surface area contributed by atoms with Crippen LogP contribution in [0.5, 0.6) is 5.75 Å². The molecule has 0 saturated carbocycles. The second kappa shape index (κ2) is 10.4. The molecule has 2 N–H and O–H groups in total. The van der Waals surface area contributed by atoms with Crippen LogP contribution in [0.4, 0.5) is 0 Å². The maximum Gasteiger partial charge on any atom is 0.239 e. The van der Waals surface area contributed by atoms with Gasteiger partial charge in [-0.3, -0.25) is 9.79 Å². The minimum atomic E-state index is -0.0963. The molecule has 1 aromatic rings. The van der Waals surface area contributed by atoms with Gasteiger partial charge < -0.3 is 25.0 Å². The van der Waals surface area contributed by atoms with E-state index in [1.165, 1.54) is 0 Å². The number of benzene rings is 1. The van der Waals surface area contributed by atoms with Gasteiger partial charge >= 0.3 is 0 Å². The lowest BCUT2D eigenvalue weighted by molar-refractivity contribution is -0.120. The molecular formula is C16H26N4O3. The van der Waals surface area contributed by atoms with Crippen molar-refractivity contribution in [3.8, 4) is 5.75 Å². The van der Waals surface area contributed by atoms with E-state index in [1.807, 2.05) is 36.2 Å². The van der Waals surface area contributed by atoms with Crippen LogP contribution in [-0.4, -0.2) is 64.8 Å². The maximum atomic E-state index is 11.7. The number of hydrogen-bond acceptors (Lipinski definition) is 4. The first-order valence-electron chi connectivity index (χ1n) is 7.41. The number of methoxy groups -OCH3 is 2. The minimum absolute atomic E-state index is 0.0963. The third-order valence-electron chi connectivity index (χ3n) is 3.19. The molecule has 128 valence electrons. The van der Waals surface area contributed by atoms with Crippen molar-refractivity contribution in [3.05, 3.63) is 29.8 Å². The number of aliphatic imine (C=N–C) groups is 1. The van der Waals surface area contributed by atoms with Crippen LogP contribution < -0.4 is 15.4 Å². The van der Waals surface area contributed by atoms with Gasteiger partial charge in [0.2, 0.25) is 5.91 Å². The SMILES string of the molecule is CN=C(NCC(=O)NCCOC)N(C)Cc1ccc(OC)cc1. The van der Waals surface area contributed by atoms with E-state index < -0.39 is 0 Å². The Morgan fingerprint density at radius 3 is 2.48 bits per heavy atom. The minimum Gasteiger partial charge on any atom is -0.497 e. The molecule has 0 unspecified atom stereocenters. The molecule has 0 bridgehead atoms. The van der Waals surface area contributed by atoms with E-state index in [-0.39, 0.29) is 12.5 Å². The molecular weight excluding hydrogens is 296 g/mol. The molecule has 0 atom stereocenters. The van der Waals surface area contributed by atoms with Crippen LogP contribution in [0.15, 0.2) is 29.3 Å². The number of amides is 1. The molecule has 0 spiro atoms. The number of rotatable bonds is 8. The van der Waals surface area contributed by atoms with Gasteiger partial charge in [0.15, 0.2) is 5.96 Å².